The van der Waals surface area contributed by atoms with Gasteiger partial charge in [0.05, 0.1) is 25.5 Å². The first-order valence-corrected chi connectivity index (χ1v) is 6.24. The molecule has 0 amide bonds. The number of benzene rings is 1. The summed E-state index contributed by atoms with van der Waals surface area (Å²) in [5.41, 5.74) is 1.79. The Hall–Kier alpha value is -2.83. The van der Waals surface area contributed by atoms with Crippen LogP contribution < -0.4 is 4.74 Å². The van der Waals surface area contributed by atoms with Crippen LogP contribution >= 0.6 is 0 Å². The van der Waals surface area contributed by atoms with Gasteiger partial charge in [-0.3, -0.25) is 0 Å². The van der Waals surface area contributed by atoms with Gasteiger partial charge >= 0.3 is 0 Å². The quantitative estimate of drug-likeness (QED) is 0.733. The van der Waals surface area contributed by atoms with E-state index in [0.29, 0.717) is 29.4 Å². The number of halogens is 1. The molecular weight excluding hydrogens is 273 g/mol. The van der Waals surface area contributed by atoms with Gasteiger partial charge in [0.1, 0.15) is 24.2 Å². The van der Waals surface area contributed by atoms with E-state index in [2.05, 4.69) is 20.1 Å². The second kappa shape index (κ2) is 5.66. The third-order valence-electron chi connectivity index (χ3n) is 2.87. The van der Waals surface area contributed by atoms with Crippen molar-refractivity contribution in [3.05, 3.63) is 54.6 Å². The number of ether oxygens (including phenoxy) is 1. The highest BCUT2D eigenvalue weighted by atomic mass is 19.1. The van der Waals surface area contributed by atoms with E-state index in [0.717, 1.165) is 0 Å². The Morgan fingerprint density at radius 2 is 2.24 bits per heavy atom. The molecule has 2 heterocycles. The van der Waals surface area contributed by atoms with E-state index in [4.69, 9.17) is 4.74 Å². The van der Waals surface area contributed by atoms with Gasteiger partial charge in [-0.2, -0.15) is 5.10 Å². The minimum absolute atomic E-state index is 0.335. The summed E-state index contributed by atoms with van der Waals surface area (Å²) in [5.74, 6) is 0.0148. The van der Waals surface area contributed by atoms with Crippen LogP contribution in [0.1, 0.15) is 5.69 Å². The smallest absolute Gasteiger partial charge is 0.240 e. The standard InChI is InChI=1S/C14H12FN5O/c1-21-14-13(10-3-2-4-11(15)5-10)19-12(6-17-14)7-20-9-16-8-18-20/h2-6,8-9H,7H2,1H3. The topological polar surface area (TPSA) is 65.7 Å². The first kappa shape index (κ1) is 13.2. The van der Waals surface area contributed by atoms with Crippen molar-refractivity contribution in [2.75, 3.05) is 7.11 Å². The Bertz CT molecular complexity index is 745. The minimum Gasteiger partial charge on any atom is -0.479 e. The van der Waals surface area contributed by atoms with Crippen molar-refractivity contribution < 1.29 is 9.13 Å². The van der Waals surface area contributed by atoms with Gasteiger partial charge in [-0.1, -0.05) is 12.1 Å². The predicted octanol–water partition coefficient (Wildman–Crippen LogP) is 1.93. The highest BCUT2D eigenvalue weighted by Gasteiger charge is 2.12. The summed E-state index contributed by atoms with van der Waals surface area (Å²) in [6, 6.07) is 6.15. The van der Waals surface area contributed by atoms with Crippen molar-refractivity contribution in [3.8, 4) is 17.1 Å². The monoisotopic (exact) mass is 285 g/mol. The lowest BCUT2D eigenvalue weighted by Gasteiger charge is -2.09. The van der Waals surface area contributed by atoms with Crippen LogP contribution in [0.25, 0.3) is 11.3 Å². The summed E-state index contributed by atoms with van der Waals surface area (Å²) < 4.78 is 20.2. The van der Waals surface area contributed by atoms with Gasteiger partial charge < -0.3 is 4.74 Å². The lowest BCUT2D eigenvalue weighted by molar-refractivity contribution is 0.397. The van der Waals surface area contributed by atoms with Crippen molar-refractivity contribution in [1.29, 1.82) is 0 Å². The number of nitrogens with zero attached hydrogens (tertiary/aromatic N) is 5. The molecule has 1 aromatic carbocycles. The van der Waals surface area contributed by atoms with Gasteiger partial charge in [0, 0.05) is 5.56 Å². The van der Waals surface area contributed by atoms with Gasteiger partial charge in [0.25, 0.3) is 0 Å². The molecule has 106 valence electrons. The molecule has 0 spiro atoms. The molecule has 3 rings (SSSR count). The van der Waals surface area contributed by atoms with E-state index in [1.807, 2.05) is 0 Å². The molecule has 0 atom stereocenters. The lowest BCUT2D eigenvalue weighted by Crippen LogP contribution is -2.05. The first-order valence-electron chi connectivity index (χ1n) is 6.24. The fraction of sp³-hybridized carbons (Fsp3) is 0.143. The largest absolute Gasteiger partial charge is 0.479 e. The molecule has 0 aliphatic heterocycles. The SMILES string of the molecule is COc1ncc(Cn2cncn2)nc1-c1cccc(F)c1. The molecule has 0 unspecified atom stereocenters. The molecule has 0 aliphatic carbocycles. The van der Waals surface area contributed by atoms with Crippen molar-refractivity contribution in [3.63, 3.8) is 0 Å². The molecule has 7 heteroatoms. The molecule has 0 saturated heterocycles. The van der Waals surface area contributed by atoms with Gasteiger partial charge in [0.15, 0.2) is 0 Å². The van der Waals surface area contributed by atoms with Gasteiger partial charge in [-0.25, -0.2) is 24.0 Å². The maximum atomic E-state index is 13.4. The average molecular weight is 285 g/mol. The summed E-state index contributed by atoms with van der Waals surface area (Å²) in [5, 5.41) is 4.02. The highest BCUT2D eigenvalue weighted by Crippen LogP contribution is 2.26. The van der Waals surface area contributed by atoms with Crippen LogP contribution in [0.4, 0.5) is 4.39 Å². The zero-order chi connectivity index (χ0) is 14.7. The third-order valence-corrected chi connectivity index (χ3v) is 2.87. The maximum Gasteiger partial charge on any atom is 0.240 e. The Labute approximate surface area is 120 Å². The first-order chi connectivity index (χ1) is 10.3. The molecule has 21 heavy (non-hydrogen) atoms. The van der Waals surface area contributed by atoms with Crippen LogP contribution in [0, 0.1) is 5.82 Å². The predicted molar refractivity (Wildman–Crippen MR) is 73.1 cm³/mol. The van der Waals surface area contributed by atoms with E-state index in [9.17, 15) is 4.39 Å². The summed E-state index contributed by atoms with van der Waals surface area (Å²) in [7, 11) is 1.50. The summed E-state index contributed by atoms with van der Waals surface area (Å²) >= 11 is 0. The molecule has 0 saturated carbocycles. The van der Waals surface area contributed by atoms with Crippen LogP contribution in [0.15, 0.2) is 43.1 Å². The van der Waals surface area contributed by atoms with Crippen molar-refractivity contribution in [2.24, 2.45) is 0 Å². The van der Waals surface area contributed by atoms with Crippen LogP contribution in [-0.4, -0.2) is 31.8 Å². The van der Waals surface area contributed by atoms with Crippen LogP contribution in [0.2, 0.25) is 0 Å². The third kappa shape index (κ3) is 2.86. The highest BCUT2D eigenvalue weighted by molar-refractivity contribution is 5.64. The van der Waals surface area contributed by atoms with Crippen molar-refractivity contribution in [1.82, 2.24) is 24.7 Å². The van der Waals surface area contributed by atoms with Crippen LogP contribution in [-0.2, 0) is 6.54 Å². The Kier molecular flexibility index (Phi) is 3.55. The number of rotatable bonds is 4. The second-order valence-corrected chi connectivity index (χ2v) is 4.32. The summed E-state index contributed by atoms with van der Waals surface area (Å²) in [6.45, 7) is 0.430. The van der Waals surface area contributed by atoms with E-state index >= 15 is 0 Å². The second-order valence-electron chi connectivity index (χ2n) is 4.32. The molecule has 3 aromatic rings. The summed E-state index contributed by atoms with van der Waals surface area (Å²) in [4.78, 5) is 12.6. The average Bonchev–Trinajstić information content (AvgIpc) is 3.00. The van der Waals surface area contributed by atoms with Gasteiger partial charge in [0.2, 0.25) is 5.88 Å². The Morgan fingerprint density at radius 1 is 1.33 bits per heavy atom. The fourth-order valence-electron chi connectivity index (χ4n) is 1.94. The minimum atomic E-state index is -0.335. The molecule has 0 bridgehead atoms. The number of aromatic nitrogens is 5. The lowest BCUT2D eigenvalue weighted by atomic mass is 10.1. The van der Waals surface area contributed by atoms with Gasteiger partial charge in [-0.15, -0.1) is 0 Å². The fourth-order valence-corrected chi connectivity index (χ4v) is 1.94. The van der Waals surface area contributed by atoms with Crippen molar-refractivity contribution in [2.45, 2.75) is 6.54 Å². The zero-order valence-corrected chi connectivity index (χ0v) is 11.3. The molecule has 0 aliphatic rings. The Morgan fingerprint density at radius 3 is 2.95 bits per heavy atom. The molecule has 0 radical (unpaired) electrons. The van der Waals surface area contributed by atoms with E-state index in [1.54, 1.807) is 29.3 Å². The molecule has 2 aromatic heterocycles. The maximum absolute atomic E-state index is 13.4. The molecular formula is C14H12FN5O. The number of methoxy groups -OCH3 is 1. The zero-order valence-electron chi connectivity index (χ0n) is 11.3. The normalized spacial score (nSPS) is 10.6. The van der Waals surface area contributed by atoms with E-state index in [1.165, 1.54) is 25.6 Å². The molecule has 0 fully saturated rings. The Balaban J connectivity index is 2.01. The van der Waals surface area contributed by atoms with Crippen molar-refractivity contribution >= 4 is 0 Å². The van der Waals surface area contributed by atoms with Gasteiger partial charge in [-0.05, 0) is 12.1 Å². The molecule has 0 N–H and O–H groups in total. The van der Waals surface area contributed by atoms with Crippen LogP contribution in [0.5, 0.6) is 5.88 Å². The summed E-state index contributed by atoms with van der Waals surface area (Å²) in [6.07, 6.45) is 4.64. The number of hydrogen-bond acceptors (Lipinski definition) is 5. The van der Waals surface area contributed by atoms with E-state index < -0.39 is 0 Å². The van der Waals surface area contributed by atoms with Crippen LogP contribution in [0.3, 0.4) is 0 Å². The molecule has 6 nitrogen and oxygen atoms in total. The number of hydrogen-bond donors (Lipinski definition) is 0. The van der Waals surface area contributed by atoms with E-state index in [-0.39, 0.29) is 5.82 Å².